The first kappa shape index (κ1) is 15.8. The highest BCUT2D eigenvalue weighted by Gasteiger charge is 2.25. The van der Waals surface area contributed by atoms with E-state index in [-0.39, 0.29) is 11.9 Å². The van der Waals surface area contributed by atoms with E-state index in [1.54, 1.807) is 0 Å². The molecule has 0 aromatic heterocycles. The minimum absolute atomic E-state index is 0.0111. The van der Waals surface area contributed by atoms with Gasteiger partial charge in [0, 0.05) is 18.5 Å². The third-order valence-corrected chi connectivity index (χ3v) is 2.73. The zero-order valence-corrected chi connectivity index (χ0v) is 12.4. The van der Waals surface area contributed by atoms with Gasteiger partial charge in [-0.2, -0.15) is 0 Å². The molecule has 2 amide bonds. The molecule has 0 saturated heterocycles. The van der Waals surface area contributed by atoms with Gasteiger partial charge in [0.05, 0.1) is 0 Å². The molecule has 5 heteroatoms. The first-order valence-corrected chi connectivity index (χ1v) is 7.09. The summed E-state index contributed by atoms with van der Waals surface area (Å²) >= 11 is 0. The number of hydrogen-bond acceptors (Lipinski definition) is 3. The number of nitrogens with one attached hydrogen (secondary N) is 2. The van der Waals surface area contributed by atoms with Gasteiger partial charge in [0.1, 0.15) is 5.60 Å². The molecule has 0 bridgehead atoms. The fourth-order valence-corrected chi connectivity index (χ4v) is 1.79. The van der Waals surface area contributed by atoms with E-state index in [0.717, 1.165) is 25.7 Å². The molecule has 1 saturated carbocycles. The average Bonchev–Trinajstić information content (AvgIpc) is 2.98. The molecule has 1 fully saturated rings. The van der Waals surface area contributed by atoms with Crippen LogP contribution in [0.3, 0.4) is 0 Å². The topological polar surface area (TPSA) is 67.4 Å². The summed E-state index contributed by atoms with van der Waals surface area (Å²) in [6, 6.07) is 0.204. The van der Waals surface area contributed by atoms with Gasteiger partial charge in [0.15, 0.2) is 0 Å². The maximum Gasteiger partial charge on any atom is 0.407 e. The smallest absolute Gasteiger partial charge is 0.407 e. The summed E-state index contributed by atoms with van der Waals surface area (Å²) in [5.74, 6) is 0.0111. The highest BCUT2D eigenvalue weighted by atomic mass is 16.6. The van der Waals surface area contributed by atoms with Crippen molar-refractivity contribution < 1.29 is 14.3 Å². The fraction of sp³-hybridized carbons (Fsp3) is 0.857. The summed E-state index contributed by atoms with van der Waals surface area (Å²) in [4.78, 5) is 23.4. The van der Waals surface area contributed by atoms with E-state index in [4.69, 9.17) is 4.74 Å². The lowest BCUT2D eigenvalue weighted by atomic mass is 10.1. The van der Waals surface area contributed by atoms with Gasteiger partial charge in [-0.15, -0.1) is 0 Å². The Hall–Kier alpha value is -1.26. The van der Waals surface area contributed by atoms with Crippen molar-refractivity contribution in [2.75, 3.05) is 0 Å². The van der Waals surface area contributed by atoms with Crippen molar-refractivity contribution in [1.82, 2.24) is 10.6 Å². The maximum atomic E-state index is 11.7. The molecule has 110 valence electrons. The molecule has 5 nitrogen and oxygen atoms in total. The summed E-state index contributed by atoms with van der Waals surface area (Å²) in [5, 5.41) is 5.71. The Labute approximate surface area is 115 Å². The van der Waals surface area contributed by atoms with E-state index in [0.29, 0.717) is 12.5 Å². The number of hydrogen-bond donors (Lipinski definition) is 2. The van der Waals surface area contributed by atoms with Gasteiger partial charge in [-0.05, 0) is 40.0 Å². The first-order chi connectivity index (χ1) is 8.80. The van der Waals surface area contributed by atoms with E-state index in [9.17, 15) is 9.59 Å². The average molecular weight is 270 g/mol. The monoisotopic (exact) mass is 270 g/mol. The quantitative estimate of drug-likeness (QED) is 0.778. The van der Waals surface area contributed by atoms with Crippen LogP contribution in [0.25, 0.3) is 0 Å². The first-order valence-electron chi connectivity index (χ1n) is 7.09. The Bertz CT molecular complexity index is 319. The highest BCUT2D eigenvalue weighted by Crippen LogP contribution is 2.19. The Morgan fingerprint density at radius 2 is 1.95 bits per heavy atom. The molecular formula is C14H26N2O3. The number of amides is 2. The summed E-state index contributed by atoms with van der Waals surface area (Å²) < 4.78 is 5.21. The summed E-state index contributed by atoms with van der Waals surface area (Å²) in [7, 11) is 0. The second-order valence-electron chi connectivity index (χ2n) is 6.18. The van der Waals surface area contributed by atoms with Crippen LogP contribution < -0.4 is 10.6 Å². The molecule has 1 aliphatic carbocycles. The highest BCUT2D eigenvalue weighted by molar-refractivity contribution is 5.78. The van der Waals surface area contributed by atoms with E-state index in [1.165, 1.54) is 0 Å². The largest absolute Gasteiger partial charge is 0.444 e. The van der Waals surface area contributed by atoms with Crippen LogP contribution in [0.5, 0.6) is 0 Å². The summed E-state index contributed by atoms with van der Waals surface area (Å²) in [6.45, 7) is 7.49. The second kappa shape index (κ2) is 6.78. The van der Waals surface area contributed by atoms with Crippen molar-refractivity contribution >= 4 is 12.0 Å². The lowest BCUT2D eigenvalue weighted by Crippen LogP contribution is -2.42. The lowest BCUT2D eigenvalue weighted by molar-refractivity contribution is -0.121. The van der Waals surface area contributed by atoms with Crippen LogP contribution in [-0.4, -0.2) is 29.7 Å². The van der Waals surface area contributed by atoms with E-state index >= 15 is 0 Å². The molecule has 0 aromatic rings. The van der Waals surface area contributed by atoms with E-state index in [2.05, 4.69) is 10.6 Å². The number of alkyl carbamates (subject to hydrolysis) is 1. The Morgan fingerprint density at radius 3 is 2.42 bits per heavy atom. The molecular weight excluding hydrogens is 244 g/mol. The van der Waals surface area contributed by atoms with Crippen LogP contribution in [0, 0.1) is 0 Å². The zero-order valence-electron chi connectivity index (χ0n) is 12.4. The third kappa shape index (κ3) is 7.70. The number of carbonyl (C=O) groups excluding carboxylic acids is 2. The van der Waals surface area contributed by atoms with Crippen molar-refractivity contribution in [1.29, 1.82) is 0 Å². The third-order valence-electron chi connectivity index (χ3n) is 2.73. The minimum Gasteiger partial charge on any atom is -0.444 e. The molecule has 0 spiro atoms. The van der Waals surface area contributed by atoms with Crippen LogP contribution in [-0.2, 0) is 9.53 Å². The molecule has 2 N–H and O–H groups in total. The Balaban J connectivity index is 2.37. The van der Waals surface area contributed by atoms with Crippen LogP contribution in [0.4, 0.5) is 4.79 Å². The van der Waals surface area contributed by atoms with Gasteiger partial charge >= 0.3 is 6.09 Å². The van der Waals surface area contributed by atoms with Gasteiger partial charge in [0.2, 0.25) is 5.91 Å². The normalized spacial score (nSPS) is 16.6. The van der Waals surface area contributed by atoms with Crippen LogP contribution in [0.15, 0.2) is 0 Å². The van der Waals surface area contributed by atoms with Crippen LogP contribution >= 0.6 is 0 Å². The van der Waals surface area contributed by atoms with Gasteiger partial charge in [-0.25, -0.2) is 4.79 Å². The van der Waals surface area contributed by atoms with Gasteiger partial charge < -0.3 is 15.4 Å². The fourth-order valence-electron chi connectivity index (χ4n) is 1.79. The predicted molar refractivity (Wildman–Crippen MR) is 73.8 cm³/mol. The molecule has 0 aliphatic heterocycles. The maximum absolute atomic E-state index is 11.7. The zero-order chi connectivity index (χ0) is 14.5. The van der Waals surface area contributed by atoms with E-state index < -0.39 is 11.7 Å². The van der Waals surface area contributed by atoms with Crippen molar-refractivity contribution in [3.8, 4) is 0 Å². The molecule has 19 heavy (non-hydrogen) atoms. The molecule has 0 aromatic carbocycles. The van der Waals surface area contributed by atoms with Crippen molar-refractivity contribution in [3.63, 3.8) is 0 Å². The van der Waals surface area contributed by atoms with E-state index in [1.807, 2.05) is 27.7 Å². The molecule has 0 radical (unpaired) electrons. The summed E-state index contributed by atoms with van der Waals surface area (Å²) in [6.07, 6.45) is 3.70. The van der Waals surface area contributed by atoms with Crippen LogP contribution in [0.2, 0.25) is 0 Å². The SMILES string of the molecule is CCC[C@@H](CC(=O)NC1CC1)NC(=O)OC(C)(C)C. The Kier molecular flexibility index (Phi) is 5.63. The predicted octanol–water partition coefficient (Wildman–Crippen LogP) is 2.35. The second-order valence-corrected chi connectivity index (χ2v) is 6.18. The minimum atomic E-state index is -0.517. The lowest BCUT2D eigenvalue weighted by Gasteiger charge is -2.23. The van der Waals surface area contributed by atoms with Crippen molar-refractivity contribution in [2.45, 2.75) is 77.5 Å². The number of rotatable bonds is 6. The van der Waals surface area contributed by atoms with Gasteiger partial charge in [-0.1, -0.05) is 13.3 Å². The van der Waals surface area contributed by atoms with Crippen LogP contribution in [0.1, 0.15) is 59.8 Å². The molecule has 1 rings (SSSR count). The number of ether oxygens (including phenoxy) is 1. The standard InChI is InChI=1S/C14H26N2O3/c1-5-6-11(9-12(17)15-10-7-8-10)16-13(18)19-14(2,3)4/h10-11H,5-9H2,1-4H3,(H,15,17)(H,16,18)/t11-/m0/s1. The molecule has 1 aliphatic rings. The summed E-state index contributed by atoms with van der Waals surface area (Å²) in [5.41, 5.74) is -0.517. The number of carbonyl (C=O) groups is 2. The Morgan fingerprint density at radius 1 is 1.32 bits per heavy atom. The van der Waals surface area contributed by atoms with Crippen molar-refractivity contribution in [3.05, 3.63) is 0 Å². The van der Waals surface area contributed by atoms with Crippen molar-refractivity contribution in [2.24, 2.45) is 0 Å². The molecule has 0 heterocycles. The molecule has 1 atom stereocenters. The van der Waals surface area contributed by atoms with Gasteiger partial charge in [0.25, 0.3) is 0 Å². The van der Waals surface area contributed by atoms with Gasteiger partial charge in [-0.3, -0.25) is 4.79 Å². The molecule has 0 unspecified atom stereocenters.